The third kappa shape index (κ3) is 3.00. The van der Waals surface area contributed by atoms with Crippen LogP contribution in [0.4, 0.5) is 5.82 Å². The van der Waals surface area contributed by atoms with E-state index in [0.29, 0.717) is 11.9 Å². The van der Waals surface area contributed by atoms with Gasteiger partial charge in [-0.25, -0.2) is 0 Å². The van der Waals surface area contributed by atoms with Crippen molar-refractivity contribution in [1.29, 1.82) is 0 Å². The molecule has 0 radical (unpaired) electrons. The zero-order chi connectivity index (χ0) is 10.7. The van der Waals surface area contributed by atoms with E-state index in [1.54, 1.807) is 6.20 Å². The standard InChI is InChI=1S/C9H13ClN4O/c10-9-13-8(5-11-14-9)12-6-1-3-7(15)4-2-6/h5-7,15H,1-4H2,(H,12,13,14). The summed E-state index contributed by atoms with van der Waals surface area (Å²) in [5, 5.41) is 20.0. The summed E-state index contributed by atoms with van der Waals surface area (Å²) in [4.78, 5) is 4.00. The summed E-state index contributed by atoms with van der Waals surface area (Å²) in [5.74, 6) is 0.649. The second-order valence-electron chi connectivity index (χ2n) is 3.76. The minimum atomic E-state index is -0.143. The van der Waals surface area contributed by atoms with Crippen molar-refractivity contribution >= 4 is 17.4 Å². The summed E-state index contributed by atoms with van der Waals surface area (Å²) in [7, 11) is 0. The summed E-state index contributed by atoms with van der Waals surface area (Å²) in [6.45, 7) is 0. The molecule has 6 heteroatoms. The zero-order valence-corrected chi connectivity index (χ0v) is 8.98. The number of aliphatic hydroxyl groups is 1. The van der Waals surface area contributed by atoms with Gasteiger partial charge in [0.2, 0.25) is 5.28 Å². The van der Waals surface area contributed by atoms with E-state index in [1.165, 1.54) is 0 Å². The summed E-state index contributed by atoms with van der Waals surface area (Å²) < 4.78 is 0. The SMILES string of the molecule is OC1CCC(Nc2cnnc(Cl)n2)CC1. The molecule has 2 N–H and O–H groups in total. The lowest BCUT2D eigenvalue weighted by atomic mass is 9.93. The molecule has 1 aromatic rings. The van der Waals surface area contributed by atoms with Gasteiger partial charge in [-0.1, -0.05) is 0 Å². The topological polar surface area (TPSA) is 70.9 Å². The van der Waals surface area contributed by atoms with E-state index in [4.69, 9.17) is 11.6 Å². The minimum Gasteiger partial charge on any atom is -0.393 e. The van der Waals surface area contributed by atoms with Crippen LogP contribution in [0, 0.1) is 0 Å². The predicted molar refractivity (Wildman–Crippen MR) is 56.7 cm³/mol. The lowest BCUT2D eigenvalue weighted by Gasteiger charge is -2.26. The van der Waals surface area contributed by atoms with E-state index < -0.39 is 0 Å². The zero-order valence-electron chi connectivity index (χ0n) is 8.23. The molecule has 82 valence electrons. The van der Waals surface area contributed by atoms with Crippen LogP contribution in [0.5, 0.6) is 0 Å². The van der Waals surface area contributed by atoms with Crippen molar-refractivity contribution in [3.63, 3.8) is 0 Å². The summed E-state index contributed by atoms with van der Waals surface area (Å²) >= 11 is 5.62. The Morgan fingerprint density at radius 2 is 2.07 bits per heavy atom. The Hall–Kier alpha value is -0.940. The number of halogens is 1. The monoisotopic (exact) mass is 228 g/mol. The van der Waals surface area contributed by atoms with E-state index in [9.17, 15) is 5.11 Å². The van der Waals surface area contributed by atoms with Gasteiger partial charge in [0.15, 0.2) is 0 Å². The quantitative estimate of drug-likeness (QED) is 0.797. The Labute approximate surface area is 92.9 Å². The molecule has 0 bridgehead atoms. The fourth-order valence-corrected chi connectivity index (χ4v) is 1.92. The highest BCUT2D eigenvalue weighted by atomic mass is 35.5. The molecule has 15 heavy (non-hydrogen) atoms. The Morgan fingerprint density at radius 1 is 1.33 bits per heavy atom. The molecule has 5 nitrogen and oxygen atoms in total. The second kappa shape index (κ2) is 4.72. The van der Waals surface area contributed by atoms with Gasteiger partial charge in [0.1, 0.15) is 5.82 Å². The van der Waals surface area contributed by atoms with Gasteiger partial charge in [0.25, 0.3) is 0 Å². The molecule has 2 rings (SSSR count). The van der Waals surface area contributed by atoms with Gasteiger partial charge < -0.3 is 10.4 Å². The van der Waals surface area contributed by atoms with Gasteiger partial charge in [-0.05, 0) is 37.3 Å². The first kappa shape index (κ1) is 10.6. The smallest absolute Gasteiger partial charge is 0.244 e. The fourth-order valence-electron chi connectivity index (χ4n) is 1.78. The second-order valence-corrected chi connectivity index (χ2v) is 4.10. The highest BCUT2D eigenvalue weighted by Gasteiger charge is 2.19. The van der Waals surface area contributed by atoms with Gasteiger partial charge in [0.05, 0.1) is 12.3 Å². The number of hydrogen-bond acceptors (Lipinski definition) is 5. The molecule has 1 aliphatic rings. The summed E-state index contributed by atoms with van der Waals surface area (Å²) in [5.41, 5.74) is 0. The molecule has 0 unspecified atom stereocenters. The minimum absolute atomic E-state index is 0.143. The number of rotatable bonds is 2. The van der Waals surface area contributed by atoms with Crippen LogP contribution in [0.3, 0.4) is 0 Å². The van der Waals surface area contributed by atoms with Crippen molar-refractivity contribution in [3.05, 3.63) is 11.5 Å². The number of nitrogens with zero attached hydrogens (tertiary/aromatic N) is 3. The van der Waals surface area contributed by atoms with Crippen molar-refractivity contribution in [1.82, 2.24) is 15.2 Å². The van der Waals surface area contributed by atoms with Gasteiger partial charge in [-0.2, -0.15) is 10.1 Å². The molecule has 1 saturated carbocycles. The average Bonchev–Trinajstić information content (AvgIpc) is 2.22. The Bertz CT molecular complexity index is 328. The van der Waals surface area contributed by atoms with Crippen LogP contribution in [-0.2, 0) is 0 Å². The molecule has 1 aliphatic carbocycles. The molecular formula is C9H13ClN4O. The Kier molecular flexibility index (Phi) is 3.33. The molecular weight excluding hydrogens is 216 g/mol. The molecule has 1 aromatic heterocycles. The van der Waals surface area contributed by atoms with Crippen LogP contribution < -0.4 is 5.32 Å². The van der Waals surface area contributed by atoms with Crippen molar-refractivity contribution in [2.75, 3.05) is 5.32 Å². The number of aromatic nitrogens is 3. The summed E-state index contributed by atoms with van der Waals surface area (Å²) in [6.07, 6.45) is 4.98. The molecule has 0 spiro atoms. The van der Waals surface area contributed by atoms with E-state index >= 15 is 0 Å². The maximum absolute atomic E-state index is 9.35. The van der Waals surface area contributed by atoms with Crippen LogP contribution in [0.25, 0.3) is 0 Å². The Morgan fingerprint density at radius 3 is 2.73 bits per heavy atom. The van der Waals surface area contributed by atoms with Crippen molar-refractivity contribution in [2.24, 2.45) is 0 Å². The van der Waals surface area contributed by atoms with Crippen molar-refractivity contribution in [3.8, 4) is 0 Å². The van der Waals surface area contributed by atoms with Gasteiger partial charge in [-0.3, -0.25) is 0 Å². The van der Waals surface area contributed by atoms with Gasteiger partial charge in [0, 0.05) is 6.04 Å². The maximum atomic E-state index is 9.35. The molecule has 0 atom stereocenters. The fraction of sp³-hybridized carbons (Fsp3) is 0.667. The molecule has 0 amide bonds. The highest BCUT2D eigenvalue weighted by Crippen LogP contribution is 2.21. The molecule has 1 heterocycles. The van der Waals surface area contributed by atoms with Crippen LogP contribution in [0.2, 0.25) is 5.28 Å². The third-order valence-corrected chi connectivity index (χ3v) is 2.74. The van der Waals surface area contributed by atoms with E-state index in [1.807, 2.05) is 0 Å². The number of anilines is 1. The molecule has 0 saturated heterocycles. The normalized spacial score (nSPS) is 26.3. The van der Waals surface area contributed by atoms with Crippen LogP contribution in [-0.4, -0.2) is 32.4 Å². The van der Waals surface area contributed by atoms with E-state index in [0.717, 1.165) is 25.7 Å². The van der Waals surface area contributed by atoms with E-state index in [2.05, 4.69) is 20.5 Å². The first-order chi connectivity index (χ1) is 7.24. The predicted octanol–water partition coefficient (Wildman–Crippen LogP) is 1.24. The maximum Gasteiger partial charge on any atom is 0.244 e. The lowest BCUT2D eigenvalue weighted by Crippen LogP contribution is -2.28. The molecule has 1 fully saturated rings. The largest absolute Gasteiger partial charge is 0.393 e. The number of hydrogen-bond donors (Lipinski definition) is 2. The molecule has 0 aromatic carbocycles. The van der Waals surface area contributed by atoms with Crippen LogP contribution in [0.15, 0.2) is 6.20 Å². The van der Waals surface area contributed by atoms with Gasteiger partial charge >= 0.3 is 0 Å². The molecule has 0 aliphatic heterocycles. The lowest BCUT2D eigenvalue weighted by molar-refractivity contribution is 0.126. The van der Waals surface area contributed by atoms with Crippen molar-refractivity contribution < 1.29 is 5.11 Å². The number of nitrogens with one attached hydrogen (secondary N) is 1. The highest BCUT2D eigenvalue weighted by molar-refractivity contribution is 6.28. The van der Waals surface area contributed by atoms with Crippen LogP contribution in [0.1, 0.15) is 25.7 Å². The average molecular weight is 229 g/mol. The number of aliphatic hydroxyl groups excluding tert-OH is 1. The van der Waals surface area contributed by atoms with Crippen LogP contribution >= 0.6 is 11.6 Å². The van der Waals surface area contributed by atoms with Gasteiger partial charge in [-0.15, -0.1) is 5.10 Å². The van der Waals surface area contributed by atoms with Crippen molar-refractivity contribution in [2.45, 2.75) is 37.8 Å². The van der Waals surface area contributed by atoms with E-state index in [-0.39, 0.29) is 11.4 Å². The third-order valence-electron chi connectivity index (χ3n) is 2.58. The Balaban J connectivity index is 1.92. The first-order valence-corrected chi connectivity index (χ1v) is 5.41. The first-order valence-electron chi connectivity index (χ1n) is 5.04. The summed E-state index contributed by atoms with van der Waals surface area (Å²) in [6, 6.07) is 0.348.